The van der Waals surface area contributed by atoms with Gasteiger partial charge in [0.05, 0.1) is 6.04 Å². The Labute approximate surface area is 79.3 Å². The van der Waals surface area contributed by atoms with E-state index in [1.54, 1.807) is 0 Å². The van der Waals surface area contributed by atoms with Gasteiger partial charge in [-0.3, -0.25) is 4.79 Å². The van der Waals surface area contributed by atoms with Gasteiger partial charge in [-0.2, -0.15) is 0 Å². The van der Waals surface area contributed by atoms with Crippen molar-refractivity contribution in [2.75, 3.05) is 13.1 Å². The highest BCUT2D eigenvalue weighted by molar-refractivity contribution is 5.82. The molecule has 2 aliphatic rings. The molecule has 1 amide bonds. The molecule has 2 rings (SSSR count). The fourth-order valence-corrected chi connectivity index (χ4v) is 1.95. The molecule has 0 aromatic heterocycles. The van der Waals surface area contributed by atoms with Crippen molar-refractivity contribution < 1.29 is 4.79 Å². The molecular weight excluding hydrogens is 164 g/mol. The van der Waals surface area contributed by atoms with E-state index in [0.29, 0.717) is 0 Å². The summed E-state index contributed by atoms with van der Waals surface area (Å²) in [6.45, 7) is 4.13. The topological polar surface area (TPSA) is 41.1 Å². The Morgan fingerprint density at radius 3 is 2.92 bits per heavy atom. The zero-order valence-corrected chi connectivity index (χ0v) is 8.18. The van der Waals surface area contributed by atoms with Crippen LogP contribution in [0.3, 0.4) is 0 Å². The van der Waals surface area contributed by atoms with Crippen LogP contribution in [0.2, 0.25) is 0 Å². The number of amides is 1. The SMILES string of the molecule is CC1CC1CNC(=O)[C@H]1CCCN1. The predicted octanol–water partition coefficient (Wildman–Crippen LogP) is 0.511. The van der Waals surface area contributed by atoms with Crippen LogP contribution < -0.4 is 10.6 Å². The molecule has 0 aromatic carbocycles. The summed E-state index contributed by atoms with van der Waals surface area (Å²) < 4.78 is 0. The van der Waals surface area contributed by atoms with Crippen LogP contribution in [-0.4, -0.2) is 25.0 Å². The largest absolute Gasteiger partial charge is 0.354 e. The van der Waals surface area contributed by atoms with Crippen LogP contribution in [0.1, 0.15) is 26.2 Å². The summed E-state index contributed by atoms with van der Waals surface area (Å²) in [5, 5.41) is 6.22. The van der Waals surface area contributed by atoms with Crippen molar-refractivity contribution in [2.45, 2.75) is 32.2 Å². The second-order valence-electron chi connectivity index (χ2n) is 4.37. The molecule has 1 aliphatic carbocycles. The third kappa shape index (κ3) is 2.21. The van der Waals surface area contributed by atoms with E-state index in [1.807, 2.05) is 0 Å². The Bertz CT molecular complexity index is 199. The van der Waals surface area contributed by atoms with E-state index >= 15 is 0 Å². The Kier molecular flexibility index (Phi) is 2.54. The molecule has 3 heteroatoms. The van der Waals surface area contributed by atoms with Gasteiger partial charge in [0.2, 0.25) is 5.91 Å². The molecule has 3 atom stereocenters. The monoisotopic (exact) mass is 182 g/mol. The Morgan fingerprint density at radius 2 is 2.38 bits per heavy atom. The van der Waals surface area contributed by atoms with Crippen molar-refractivity contribution in [3.63, 3.8) is 0 Å². The Hall–Kier alpha value is -0.570. The minimum absolute atomic E-state index is 0.0917. The van der Waals surface area contributed by atoms with E-state index in [0.717, 1.165) is 37.8 Å². The molecule has 2 unspecified atom stereocenters. The van der Waals surface area contributed by atoms with E-state index in [2.05, 4.69) is 17.6 Å². The predicted molar refractivity (Wildman–Crippen MR) is 51.3 cm³/mol. The van der Waals surface area contributed by atoms with Crippen molar-refractivity contribution in [3.8, 4) is 0 Å². The molecule has 2 N–H and O–H groups in total. The first-order valence-electron chi connectivity index (χ1n) is 5.28. The fraction of sp³-hybridized carbons (Fsp3) is 0.900. The number of carbonyl (C=O) groups excluding carboxylic acids is 1. The molecule has 0 radical (unpaired) electrons. The lowest BCUT2D eigenvalue weighted by Crippen LogP contribution is -2.41. The lowest BCUT2D eigenvalue weighted by molar-refractivity contribution is -0.122. The summed E-state index contributed by atoms with van der Waals surface area (Å²) in [5.41, 5.74) is 0. The summed E-state index contributed by atoms with van der Waals surface area (Å²) in [7, 11) is 0. The zero-order chi connectivity index (χ0) is 9.26. The van der Waals surface area contributed by atoms with Gasteiger partial charge < -0.3 is 10.6 Å². The van der Waals surface area contributed by atoms with Gasteiger partial charge in [-0.25, -0.2) is 0 Å². The summed E-state index contributed by atoms with van der Waals surface area (Å²) in [4.78, 5) is 11.5. The van der Waals surface area contributed by atoms with E-state index in [4.69, 9.17) is 0 Å². The first-order valence-corrected chi connectivity index (χ1v) is 5.28. The molecule has 0 bridgehead atoms. The maximum Gasteiger partial charge on any atom is 0.237 e. The van der Waals surface area contributed by atoms with E-state index < -0.39 is 0 Å². The van der Waals surface area contributed by atoms with Gasteiger partial charge in [0, 0.05) is 6.54 Å². The number of carbonyl (C=O) groups is 1. The van der Waals surface area contributed by atoms with Crippen molar-refractivity contribution in [1.29, 1.82) is 0 Å². The van der Waals surface area contributed by atoms with Crippen molar-refractivity contribution in [2.24, 2.45) is 11.8 Å². The van der Waals surface area contributed by atoms with Gasteiger partial charge in [0.25, 0.3) is 0 Å². The molecule has 0 spiro atoms. The highest BCUT2D eigenvalue weighted by Crippen LogP contribution is 2.36. The molecule has 1 saturated heterocycles. The molecule has 74 valence electrons. The minimum atomic E-state index is 0.0917. The van der Waals surface area contributed by atoms with Gasteiger partial charge in [-0.1, -0.05) is 6.92 Å². The highest BCUT2D eigenvalue weighted by atomic mass is 16.2. The number of hydrogen-bond acceptors (Lipinski definition) is 2. The van der Waals surface area contributed by atoms with Gasteiger partial charge in [0.15, 0.2) is 0 Å². The van der Waals surface area contributed by atoms with Crippen LogP contribution in [0.15, 0.2) is 0 Å². The lowest BCUT2D eigenvalue weighted by atomic mass is 10.2. The zero-order valence-electron chi connectivity index (χ0n) is 8.18. The van der Waals surface area contributed by atoms with Crippen molar-refractivity contribution >= 4 is 5.91 Å². The molecule has 13 heavy (non-hydrogen) atoms. The Morgan fingerprint density at radius 1 is 1.62 bits per heavy atom. The smallest absolute Gasteiger partial charge is 0.237 e. The van der Waals surface area contributed by atoms with Crippen LogP contribution in [-0.2, 0) is 4.79 Å². The minimum Gasteiger partial charge on any atom is -0.354 e. The standard InChI is InChI=1S/C10H18N2O/c1-7-5-8(7)6-12-10(13)9-3-2-4-11-9/h7-9,11H,2-6H2,1H3,(H,12,13)/t7?,8?,9-/m1/s1. The molecular formula is C10H18N2O. The second kappa shape index (κ2) is 3.66. The summed E-state index contributed by atoms with van der Waals surface area (Å²) in [5.74, 6) is 1.79. The first kappa shape index (κ1) is 9.00. The molecule has 3 nitrogen and oxygen atoms in total. The summed E-state index contributed by atoms with van der Waals surface area (Å²) in [6, 6.07) is 0.0917. The maximum absolute atomic E-state index is 11.5. The highest BCUT2D eigenvalue weighted by Gasteiger charge is 2.33. The second-order valence-corrected chi connectivity index (χ2v) is 4.37. The molecule has 2 fully saturated rings. The average Bonchev–Trinajstić information content (AvgIpc) is 2.67. The van der Waals surface area contributed by atoms with E-state index in [-0.39, 0.29) is 11.9 Å². The van der Waals surface area contributed by atoms with Crippen LogP contribution >= 0.6 is 0 Å². The maximum atomic E-state index is 11.5. The third-order valence-corrected chi connectivity index (χ3v) is 3.19. The van der Waals surface area contributed by atoms with E-state index in [1.165, 1.54) is 6.42 Å². The number of hydrogen-bond donors (Lipinski definition) is 2. The van der Waals surface area contributed by atoms with Crippen molar-refractivity contribution in [1.82, 2.24) is 10.6 Å². The van der Waals surface area contributed by atoms with Crippen LogP contribution in [0.25, 0.3) is 0 Å². The molecule has 0 aromatic rings. The third-order valence-electron chi connectivity index (χ3n) is 3.19. The van der Waals surface area contributed by atoms with E-state index in [9.17, 15) is 4.79 Å². The van der Waals surface area contributed by atoms with Crippen LogP contribution in [0, 0.1) is 11.8 Å². The van der Waals surface area contributed by atoms with Gasteiger partial charge >= 0.3 is 0 Å². The average molecular weight is 182 g/mol. The van der Waals surface area contributed by atoms with Gasteiger partial charge in [-0.15, -0.1) is 0 Å². The summed E-state index contributed by atoms with van der Waals surface area (Å²) in [6.07, 6.45) is 3.43. The normalized spacial score (nSPS) is 37.5. The number of nitrogens with one attached hydrogen (secondary N) is 2. The Balaban J connectivity index is 1.66. The first-order chi connectivity index (χ1) is 6.27. The van der Waals surface area contributed by atoms with Gasteiger partial charge in [0.1, 0.15) is 0 Å². The molecule has 1 heterocycles. The summed E-state index contributed by atoms with van der Waals surface area (Å²) >= 11 is 0. The quantitative estimate of drug-likeness (QED) is 0.667. The molecule has 1 saturated carbocycles. The fourth-order valence-electron chi connectivity index (χ4n) is 1.95. The van der Waals surface area contributed by atoms with Gasteiger partial charge in [-0.05, 0) is 37.6 Å². The number of rotatable bonds is 3. The van der Waals surface area contributed by atoms with Crippen molar-refractivity contribution in [3.05, 3.63) is 0 Å². The lowest BCUT2D eigenvalue weighted by Gasteiger charge is -2.10. The molecule has 1 aliphatic heterocycles. The van der Waals surface area contributed by atoms with Crippen LogP contribution in [0.4, 0.5) is 0 Å². The van der Waals surface area contributed by atoms with Crippen LogP contribution in [0.5, 0.6) is 0 Å².